The van der Waals surface area contributed by atoms with Crippen LogP contribution in [0.5, 0.6) is 5.75 Å². The summed E-state index contributed by atoms with van der Waals surface area (Å²) < 4.78 is 5.40. The molecule has 3 heteroatoms. The number of nitrogens with one attached hydrogen (secondary N) is 1. The van der Waals surface area contributed by atoms with Gasteiger partial charge in [0, 0.05) is 6.54 Å². The lowest BCUT2D eigenvalue weighted by molar-refractivity contribution is 0.363. The second kappa shape index (κ2) is 9.25. The average molecular weight is 242 g/mol. The van der Waals surface area contributed by atoms with Crippen LogP contribution in [-0.4, -0.2) is 13.2 Å². The maximum absolute atomic E-state index is 5.40. The molecule has 0 bridgehead atoms. The van der Waals surface area contributed by atoms with Crippen molar-refractivity contribution in [1.82, 2.24) is 5.32 Å². The fraction of sp³-hybridized carbons (Fsp3) is 0.385. The van der Waals surface area contributed by atoms with Gasteiger partial charge in [-0.2, -0.15) is 0 Å². The summed E-state index contributed by atoms with van der Waals surface area (Å²) >= 11 is 0. The van der Waals surface area contributed by atoms with E-state index in [4.69, 9.17) is 4.74 Å². The number of benzene rings is 1. The molecular weight excluding hydrogens is 222 g/mol. The minimum Gasteiger partial charge on any atom is -0.490 e. The molecule has 1 aromatic carbocycles. The van der Waals surface area contributed by atoms with Gasteiger partial charge in [-0.3, -0.25) is 0 Å². The highest BCUT2D eigenvalue weighted by Crippen LogP contribution is 2.11. The molecule has 0 saturated heterocycles. The van der Waals surface area contributed by atoms with Gasteiger partial charge in [0.25, 0.3) is 0 Å². The van der Waals surface area contributed by atoms with Crippen LogP contribution >= 0.6 is 12.4 Å². The molecule has 0 saturated carbocycles. The van der Waals surface area contributed by atoms with Crippen molar-refractivity contribution in [3.8, 4) is 5.75 Å². The first-order valence-electron chi connectivity index (χ1n) is 5.40. The number of halogens is 1. The van der Waals surface area contributed by atoms with E-state index in [0.29, 0.717) is 6.61 Å². The summed E-state index contributed by atoms with van der Waals surface area (Å²) in [6, 6.07) is 8.15. The smallest absolute Gasteiger partial charge is 0.119 e. The SMILES string of the molecule is C=CCOc1ccc(CNCCC)cc1.Cl. The van der Waals surface area contributed by atoms with Gasteiger partial charge in [-0.15, -0.1) is 12.4 Å². The molecule has 0 aromatic heterocycles. The Morgan fingerprint density at radius 2 is 2.00 bits per heavy atom. The molecule has 0 fully saturated rings. The Hall–Kier alpha value is -0.990. The lowest BCUT2D eigenvalue weighted by atomic mass is 10.2. The predicted molar refractivity (Wildman–Crippen MR) is 71.4 cm³/mol. The van der Waals surface area contributed by atoms with Crippen LogP contribution in [0.15, 0.2) is 36.9 Å². The minimum atomic E-state index is 0. The van der Waals surface area contributed by atoms with Crippen molar-refractivity contribution in [2.24, 2.45) is 0 Å². The van der Waals surface area contributed by atoms with Crippen LogP contribution in [0.2, 0.25) is 0 Å². The summed E-state index contributed by atoms with van der Waals surface area (Å²) in [5, 5.41) is 3.36. The highest BCUT2D eigenvalue weighted by atomic mass is 35.5. The average Bonchev–Trinajstić information content (AvgIpc) is 2.28. The van der Waals surface area contributed by atoms with Crippen molar-refractivity contribution in [2.75, 3.05) is 13.2 Å². The van der Waals surface area contributed by atoms with Crippen LogP contribution in [-0.2, 0) is 6.54 Å². The summed E-state index contributed by atoms with van der Waals surface area (Å²) in [5.41, 5.74) is 1.29. The second-order valence-electron chi connectivity index (χ2n) is 3.42. The predicted octanol–water partition coefficient (Wildman–Crippen LogP) is 3.17. The highest BCUT2D eigenvalue weighted by Gasteiger charge is 1.94. The number of hydrogen-bond donors (Lipinski definition) is 1. The Labute approximate surface area is 104 Å². The van der Waals surface area contributed by atoms with Crippen LogP contribution in [0.25, 0.3) is 0 Å². The quantitative estimate of drug-likeness (QED) is 0.585. The van der Waals surface area contributed by atoms with Gasteiger partial charge in [0.05, 0.1) is 0 Å². The lowest BCUT2D eigenvalue weighted by Crippen LogP contribution is -2.13. The van der Waals surface area contributed by atoms with E-state index in [0.717, 1.165) is 18.8 Å². The Morgan fingerprint density at radius 1 is 1.31 bits per heavy atom. The number of rotatable bonds is 7. The van der Waals surface area contributed by atoms with Crippen molar-refractivity contribution in [3.05, 3.63) is 42.5 Å². The van der Waals surface area contributed by atoms with Gasteiger partial charge < -0.3 is 10.1 Å². The summed E-state index contributed by atoms with van der Waals surface area (Å²) in [4.78, 5) is 0. The molecule has 0 aliphatic carbocycles. The second-order valence-corrected chi connectivity index (χ2v) is 3.42. The van der Waals surface area contributed by atoms with Gasteiger partial charge in [-0.05, 0) is 30.7 Å². The van der Waals surface area contributed by atoms with Gasteiger partial charge in [-0.25, -0.2) is 0 Å². The molecule has 0 radical (unpaired) electrons. The number of hydrogen-bond acceptors (Lipinski definition) is 2. The zero-order chi connectivity index (χ0) is 10.9. The molecule has 1 rings (SSSR count). The van der Waals surface area contributed by atoms with E-state index in [1.165, 1.54) is 12.0 Å². The Bertz CT molecular complexity index is 284. The lowest BCUT2D eigenvalue weighted by Gasteiger charge is -2.05. The van der Waals surface area contributed by atoms with Gasteiger partial charge >= 0.3 is 0 Å². The van der Waals surface area contributed by atoms with Crippen molar-refractivity contribution >= 4 is 12.4 Å². The van der Waals surface area contributed by atoms with Gasteiger partial charge in [-0.1, -0.05) is 31.7 Å². The summed E-state index contributed by atoms with van der Waals surface area (Å²) in [5.74, 6) is 0.897. The van der Waals surface area contributed by atoms with Crippen molar-refractivity contribution in [2.45, 2.75) is 19.9 Å². The van der Waals surface area contributed by atoms with Crippen LogP contribution in [0.3, 0.4) is 0 Å². The third-order valence-electron chi connectivity index (χ3n) is 2.05. The van der Waals surface area contributed by atoms with Gasteiger partial charge in [0.15, 0.2) is 0 Å². The maximum Gasteiger partial charge on any atom is 0.119 e. The molecule has 0 unspecified atom stereocenters. The minimum absolute atomic E-state index is 0. The molecular formula is C13H20ClNO. The maximum atomic E-state index is 5.40. The van der Waals surface area contributed by atoms with Crippen molar-refractivity contribution in [3.63, 3.8) is 0 Å². The molecule has 1 N–H and O–H groups in total. The van der Waals surface area contributed by atoms with Crippen molar-refractivity contribution < 1.29 is 4.74 Å². The van der Waals surface area contributed by atoms with Crippen molar-refractivity contribution in [1.29, 1.82) is 0 Å². The highest BCUT2D eigenvalue weighted by molar-refractivity contribution is 5.85. The van der Waals surface area contributed by atoms with Gasteiger partial charge in [0.2, 0.25) is 0 Å². The van der Waals surface area contributed by atoms with E-state index in [1.54, 1.807) is 6.08 Å². The summed E-state index contributed by atoms with van der Waals surface area (Å²) in [6.45, 7) is 8.33. The molecule has 0 spiro atoms. The standard InChI is InChI=1S/C13H19NO.ClH/c1-3-9-14-11-12-5-7-13(8-6-12)15-10-4-2;/h4-8,14H,2-3,9-11H2,1H3;1H. The van der Waals surface area contributed by atoms with E-state index in [9.17, 15) is 0 Å². The van der Waals surface area contributed by atoms with E-state index in [2.05, 4.69) is 31.0 Å². The molecule has 0 aliphatic rings. The topological polar surface area (TPSA) is 21.3 Å². The molecule has 2 nitrogen and oxygen atoms in total. The molecule has 0 amide bonds. The first-order valence-corrected chi connectivity index (χ1v) is 5.40. The van der Waals surface area contributed by atoms with E-state index in [1.807, 2.05) is 12.1 Å². The molecule has 0 aliphatic heterocycles. The zero-order valence-corrected chi connectivity index (χ0v) is 10.6. The van der Waals surface area contributed by atoms with Gasteiger partial charge in [0.1, 0.15) is 12.4 Å². The molecule has 0 heterocycles. The monoisotopic (exact) mass is 241 g/mol. The molecule has 0 atom stereocenters. The van der Waals surface area contributed by atoms with E-state index < -0.39 is 0 Å². The normalized spacial score (nSPS) is 9.31. The fourth-order valence-electron chi connectivity index (χ4n) is 1.27. The van der Waals surface area contributed by atoms with Crippen LogP contribution in [0.1, 0.15) is 18.9 Å². The number of ether oxygens (including phenoxy) is 1. The fourth-order valence-corrected chi connectivity index (χ4v) is 1.27. The van der Waals surface area contributed by atoms with Crippen LogP contribution in [0.4, 0.5) is 0 Å². The summed E-state index contributed by atoms with van der Waals surface area (Å²) in [6.07, 6.45) is 2.91. The third kappa shape index (κ3) is 5.79. The molecule has 1 aromatic rings. The molecule has 90 valence electrons. The summed E-state index contributed by atoms with van der Waals surface area (Å²) in [7, 11) is 0. The zero-order valence-electron chi connectivity index (χ0n) is 9.74. The Balaban J connectivity index is 0.00000225. The van der Waals surface area contributed by atoms with E-state index >= 15 is 0 Å². The largest absolute Gasteiger partial charge is 0.490 e. The Morgan fingerprint density at radius 3 is 2.56 bits per heavy atom. The van der Waals surface area contributed by atoms with Crippen LogP contribution < -0.4 is 10.1 Å². The third-order valence-corrected chi connectivity index (χ3v) is 2.05. The molecule has 16 heavy (non-hydrogen) atoms. The first-order chi connectivity index (χ1) is 7.36. The van der Waals surface area contributed by atoms with E-state index in [-0.39, 0.29) is 12.4 Å². The van der Waals surface area contributed by atoms with Crippen LogP contribution in [0, 0.1) is 0 Å². The Kier molecular flexibility index (Phi) is 8.68. The first kappa shape index (κ1) is 15.0.